The predicted molar refractivity (Wildman–Crippen MR) is 191 cm³/mol. The van der Waals surface area contributed by atoms with Crippen molar-refractivity contribution < 1.29 is 20.4 Å². The van der Waals surface area contributed by atoms with Crippen molar-refractivity contribution in [1.82, 2.24) is 0 Å². The molecule has 4 heteroatoms. The molecule has 2 fully saturated rings. The lowest BCUT2D eigenvalue weighted by Gasteiger charge is -2.43. The maximum Gasteiger partial charge on any atom is 0.118 e. The molecule has 2 aliphatic rings. The monoisotopic (exact) mass is 632 g/mol. The topological polar surface area (TPSA) is 80.9 Å². The highest BCUT2D eigenvalue weighted by atomic mass is 16.3. The first-order valence-electron chi connectivity index (χ1n) is 17.7. The molecule has 0 aliphatic heterocycles. The van der Waals surface area contributed by atoms with Gasteiger partial charge in [0.1, 0.15) is 23.0 Å². The van der Waals surface area contributed by atoms with Gasteiger partial charge in [0.05, 0.1) is 0 Å². The van der Waals surface area contributed by atoms with Crippen LogP contribution in [0.2, 0.25) is 0 Å². The van der Waals surface area contributed by atoms with Gasteiger partial charge in [0.2, 0.25) is 0 Å². The van der Waals surface area contributed by atoms with Crippen LogP contribution in [0.1, 0.15) is 115 Å². The van der Waals surface area contributed by atoms with E-state index in [2.05, 4.69) is 48.5 Å². The molecule has 0 radical (unpaired) electrons. The van der Waals surface area contributed by atoms with Gasteiger partial charge < -0.3 is 20.4 Å². The highest BCUT2D eigenvalue weighted by molar-refractivity contribution is 5.49. The van der Waals surface area contributed by atoms with Crippen LogP contribution in [-0.4, -0.2) is 20.4 Å². The summed E-state index contributed by atoms with van der Waals surface area (Å²) in [4.78, 5) is 0. The molecule has 47 heavy (non-hydrogen) atoms. The first-order valence-corrected chi connectivity index (χ1v) is 17.7. The molecule has 4 aromatic carbocycles. The van der Waals surface area contributed by atoms with Crippen molar-refractivity contribution in [2.24, 2.45) is 11.8 Å². The van der Waals surface area contributed by atoms with Gasteiger partial charge in [0.15, 0.2) is 0 Å². The van der Waals surface area contributed by atoms with Gasteiger partial charge in [-0.1, -0.05) is 67.8 Å². The molecular weight excluding hydrogens is 580 g/mol. The number of hydrogen-bond donors (Lipinski definition) is 4. The third-order valence-electron chi connectivity index (χ3n) is 12.1. The van der Waals surface area contributed by atoms with Crippen LogP contribution in [0, 0.1) is 39.5 Å². The van der Waals surface area contributed by atoms with Gasteiger partial charge >= 0.3 is 0 Å². The van der Waals surface area contributed by atoms with Gasteiger partial charge in [-0.2, -0.15) is 0 Å². The number of aryl methyl sites for hydroxylation is 4. The van der Waals surface area contributed by atoms with Crippen LogP contribution in [0.25, 0.3) is 0 Å². The Labute approximate surface area is 281 Å². The normalized spacial score (nSPS) is 18.3. The minimum Gasteiger partial charge on any atom is -0.508 e. The summed E-state index contributed by atoms with van der Waals surface area (Å²) in [6, 6.07) is 24.5. The van der Waals surface area contributed by atoms with Crippen LogP contribution in [0.4, 0.5) is 0 Å². The number of rotatable bonds is 8. The Bertz CT molecular complexity index is 1490. The van der Waals surface area contributed by atoms with E-state index < -0.39 is 0 Å². The number of benzene rings is 4. The second kappa shape index (κ2) is 13.3. The largest absolute Gasteiger partial charge is 0.508 e. The highest BCUT2D eigenvalue weighted by Crippen LogP contribution is 2.51. The van der Waals surface area contributed by atoms with E-state index in [0.717, 1.165) is 59.8 Å². The van der Waals surface area contributed by atoms with E-state index in [1.54, 1.807) is 0 Å². The Morgan fingerprint density at radius 3 is 0.936 bits per heavy atom. The van der Waals surface area contributed by atoms with Crippen LogP contribution >= 0.6 is 0 Å². The molecule has 0 amide bonds. The minimum atomic E-state index is -0.0979. The van der Waals surface area contributed by atoms with E-state index in [4.69, 9.17) is 0 Å². The van der Waals surface area contributed by atoms with E-state index in [1.807, 2.05) is 52.0 Å². The summed E-state index contributed by atoms with van der Waals surface area (Å²) in [6.07, 6.45) is 12.9. The molecule has 2 aliphatic carbocycles. The summed E-state index contributed by atoms with van der Waals surface area (Å²) < 4.78 is 0. The van der Waals surface area contributed by atoms with Gasteiger partial charge in [-0.25, -0.2) is 0 Å². The van der Waals surface area contributed by atoms with E-state index in [-0.39, 0.29) is 10.8 Å². The van der Waals surface area contributed by atoms with Crippen LogP contribution in [0.5, 0.6) is 23.0 Å². The quantitative estimate of drug-likeness (QED) is 0.156. The maximum absolute atomic E-state index is 10.3. The van der Waals surface area contributed by atoms with E-state index in [0.29, 0.717) is 23.0 Å². The predicted octanol–water partition coefficient (Wildman–Crippen LogP) is 10.6. The van der Waals surface area contributed by atoms with E-state index in [9.17, 15) is 20.4 Å². The Morgan fingerprint density at radius 2 is 0.702 bits per heavy atom. The molecule has 0 bridgehead atoms. The van der Waals surface area contributed by atoms with Crippen molar-refractivity contribution >= 4 is 0 Å². The van der Waals surface area contributed by atoms with Gasteiger partial charge in [0.25, 0.3) is 0 Å². The molecule has 0 atom stereocenters. The molecule has 0 spiro atoms. The lowest BCUT2D eigenvalue weighted by molar-refractivity contribution is 0.225. The van der Waals surface area contributed by atoms with Crippen LogP contribution < -0.4 is 0 Å². The molecule has 4 aromatic rings. The fourth-order valence-electron chi connectivity index (χ4n) is 8.91. The number of phenols is 4. The van der Waals surface area contributed by atoms with Crippen LogP contribution in [-0.2, 0) is 10.8 Å². The number of aromatic hydroxyl groups is 4. The summed E-state index contributed by atoms with van der Waals surface area (Å²) >= 11 is 0. The molecular formula is C43H52O4. The van der Waals surface area contributed by atoms with Gasteiger partial charge in [-0.05, 0) is 160 Å². The lowest BCUT2D eigenvalue weighted by atomic mass is 9.61. The zero-order valence-corrected chi connectivity index (χ0v) is 28.6. The maximum atomic E-state index is 10.3. The third kappa shape index (κ3) is 6.49. The molecule has 0 aromatic heterocycles. The SMILES string of the molecule is Cc1cc(C2(c3ccc(O)c(C)c3)CCC(CCCC3CCC(c4ccc(O)c(C)c4)(c4ccc(O)c(C)c4)CC3)CC2)ccc1O. The summed E-state index contributed by atoms with van der Waals surface area (Å²) in [5, 5.41) is 41.0. The Hall–Kier alpha value is -3.92. The standard InChI is InChI=1S/C43H52O4/c1-28-24-34(8-12-38(28)44)42(35-9-13-39(45)29(2)25-35)20-16-32(17-21-42)6-5-7-33-18-22-43(23-19-33,36-10-14-40(46)30(3)26-36)37-11-15-41(47)31(4)27-37/h8-15,24-27,32-33,44-47H,5-7,16-23H2,1-4H3. The van der Waals surface area contributed by atoms with Crippen molar-refractivity contribution in [2.45, 2.75) is 109 Å². The zero-order valence-electron chi connectivity index (χ0n) is 28.6. The zero-order chi connectivity index (χ0) is 33.3. The van der Waals surface area contributed by atoms with Gasteiger partial charge in [0, 0.05) is 10.8 Å². The first kappa shape index (κ1) is 33.0. The fourth-order valence-corrected chi connectivity index (χ4v) is 8.91. The second-order valence-electron chi connectivity index (χ2n) is 15.0. The second-order valence-corrected chi connectivity index (χ2v) is 15.0. The fraction of sp³-hybridized carbons (Fsp3) is 0.442. The molecule has 0 saturated heterocycles. The molecule has 248 valence electrons. The van der Waals surface area contributed by atoms with Crippen molar-refractivity contribution in [3.05, 3.63) is 117 Å². The molecule has 2 saturated carbocycles. The summed E-state index contributed by atoms with van der Waals surface area (Å²) in [5.41, 5.74) is 8.55. The number of phenolic OH excluding ortho intramolecular Hbond substituents is 4. The summed E-state index contributed by atoms with van der Waals surface area (Å²) in [6.45, 7) is 7.92. The van der Waals surface area contributed by atoms with Crippen molar-refractivity contribution in [2.75, 3.05) is 0 Å². The smallest absolute Gasteiger partial charge is 0.118 e. The Morgan fingerprint density at radius 1 is 0.447 bits per heavy atom. The van der Waals surface area contributed by atoms with Crippen LogP contribution in [0.3, 0.4) is 0 Å². The molecule has 6 rings (SSSR count). The van der Waals surface area contributed by atoms with Gasteiger partial charge in [-0.15, -0.1) is 0 Å². The van der Waals surface area contributed by atoms with Crippen molar-refractivity contribution in [1.29, 1.82) is 0 Å². The average molecular weight is 633 g/mol. The van der Waals surface area contributed by atoms with E-state index >= 15 is 0 Å². The Balaban J connectivity index is 1.10. The molecule has 0 heterocycles. The molecule has 4 nitrogen and oxygen atoms in total. The first-order chi connectivity index (χ1) is 22.5. The van der Waals surface area contributed by atoms with Crippen molar-refractivity contribution in [3.63, 3.8) is 0 Å². The molecule has 4 N–H and O–H groups in total. The molecule has 0 unspecified atom stereocenters. The number of hydrogen-bond acceptors (Lipinski definition) is 4. The van der Waals surface area contributed by atoms with Crippen molar-refractivity contribution in [3.8, 4) is 23.0 Å². The van der Waals surface area contributed by atoms with Crippen LogP contribution in [0.15, 0.2) is 72.8 Å². The lowest BCUT2D eigenvalue weighted by Crippen LogP contribution is -2.34. The summed E-state index contributed by atoms with van der Waals surface area (Å²) in [7, 11) is 0. The highest BCUT2D eigenvalue weighted by Gasteiger charge is 2.40. The summed E-state index contributed by atoms with van der Waals surface area (Å²) in [5.74, 6) is 2.82. The third-order valence-corrected chi connectivity index (χ3v) is 12.1. The minimum absolute atomic E-state index is 0.0979. The average Bonchev–Trinajstić information content (AvgIpc) is 3.07. The Kier molecular flexibility index (Phi) is 9.34. The van der Waals surface area contributed by atoms with Gasteiger partial charge in [-0.3, -0.25) is 0 Å². The van der Waals surface area contributed by atoms with E-state index in [1.165, 1.54) is 67.2 Å².